The van der Waals surface area contributed by atoms with Crippen LogP contribution in [0.15, 0.2) is 35.3 Å². The lowest BCUT2D eigenvalue weighted by atomic mass is 9.93. The molecule has 2 aliphatic heterocycles. The highest BCUT2D eigenvalue weighted by molar-refractivity contribution is 5.88. The summed E-state index contributed by atoms with van der Waals surface area (Å²) in [5.74, 6) is -3.60. The van der Waals surface area contributed by atoms with Crippen molar-refractivity contribution in [3.05, 3.63) is 58.0 Å². The molecule has 1 amide bonds. The van der Waals surface area contributed by atoms with E-state index < -0.39 is 36.4 Å². The van der Waals surface area contributed by atoms with Gasteiger partial charge in [0.15, 0.2) is 5.60 Å². The molecule has 4 rings (SSSR count). The Bertz CT molecular complexity index is 1370. The lowest BCUT2D eigenvalue weighted by Gasteiger charge is -2.33. The van der Waals surface area contributed by atoms with E-state index in [1.54, 1.807) is 12.3 Å². The van der Waals surface area contributed by atoms with E-state index in [0.717, 1.165) is 75.4 Å². The number of pyridine rings is 1. The third-order valence-corrected chi connectivity index (χ3v) is 8.32. The number of amides is 1. The molecule has 2 aliphatic rings. The SMILES string of the molecule is CC(Cc1ccccn1)N(C)C(=O)CN1CCC(c2cc(=O)n3c(n2)CCCCC3)CC1.O=C(O)CC(O)(CC(=O)O)C(=O)O. The van der Waals surface area contributed by atoms with Crippen molar-refractivity contribution in [3.8, 4) is 0 Å². The number of carbonyl (C=O) groups excluding carboxylic acids is 1. The molecule has 0 bridgehead atoms. The third-order valence-electron chi connectivity index (χ3n) is 8.32. The van der Waals surface area contributed by atoms with Gasteiger partial charge in [-0.1, -0.05) is 12.5 Å². The van der Waals surface area contributed by atoms with Crippen LogP contribution in [0.1, 0.15) is 75.0 Å². The van der Waals surface area contributed by atoms with Crippen molar-refractivity contribution < 1.29 is 39.6 Å². The summed E-state index contributed by atoms with van der Waals surface area (Å²) in [6.45, 7) is 5.03. The molecule has 0 aliphatic carbocycles. The zero-order chi connectivity index (χ0) is 33.1. The normalized spacial score (nSPS) is 16.3. The first kappa shape index (κ1) is 35.3. The van der Waals surface area contributed by atoms with Gasteiger partial charge in [0, 0.05) is 56.4 Å². The smallest absolute Gasteiger partial charge is 0.336 e. The molecule has 4 N–H and O–H groups in total. The number of carbonyl (C=O) groups is 4. The molecule has 246 valence electrons. The first-order chi connectivity index (χ1) is 21.3. The fourth-order valence-electron chi connectivity index (χ4n) is 5.55. The number of aryl methyl sites for hydroxylation is 1. The van der Waals surface area contributed by atoms with Crippen LogP contribution in [-0.2, 0) is 38.6 Å². The minimum absolute atomic E-state index is 0.103. The summed E-state index contributed by atoms with van der Waals surface area (Å²) in [6.07, 6.45) is 6.39. The first-order valence-corrected chi connectivity index (χ1v) is 15.2. The number of likely N-dealkylation sites (tertiary alicyclic amines) is 1. The number of nitrogens with zero attached hydrogens (tertiary/aromatic N) is 5. The number of aliphatic hydroxyl groups is 1. The molecular weight excluding hydrogens is 586 g/mol. The molecule has 2 aromatic rings. The summed E-state index contributed by atoms with van der Waals surface area (Å²) in [5, 5.41) is 33.8. The van der Waals surface area contributed by atoms with Gasteiger partial charge in [0.05, 0.1) is 25.1 Å². The van der Waals surface area contributed by atoms with E-state index in [2.05, 4.69) is 16.8 Å². The van der Waals surface area contributed by atoms with Gasteiger partial charge in [-0.3, -0.25) is 33.6 Å². The maximum atomic E-state index is 12.8. The van der Waals surface area contributed by atoms with Crippen molar-refractivity contribution >= 4 is 23.8 Å². The third kappa shape index (κ3) is 10.5. The summed E-state index contributed by atoms with van der Waals surface area (Å²) >= 11 is 0. The van der Waals surface area contributed by atoms with Crippen LogP contribution in [0.3, 0.4) is 0 Å². The van der Waals surface area contributed by atoms with Crippen LogP contribution in [0.5, 0.6) is 0 Å². The molecule has 45 heavy (non-hydrogen) atoms. The number of piperidine rings is 1. The van der Waals surface area contributed by atoms with Gasteiger partial charge in [0.25, 0.3) is 5.56 Å². The van der Waals surface area contributed by atoms with Crippen LogP contribution in [0.4, 0.5) is 0 Å². The lowest BCUT2D eigenvalue weighted by molar-refractivity contribution is -0.170. The number of aliphatic carboxylic acids is 3. The van der Waals surface area contributed by atoms with Crippen molar-refractivity contribution in [2.75, 3.05) is 26.7 Å². The van der Waals surface area contributed by atoms with Crippen molar-refractivity contribution in [1.82, 2.24) is 24.3 Å². The fraction of sp³-hybridized carbons (Fsp3) is 0.581. The average molecular weight is 630 g/mol. The molecule has 1 saturated heterocycles. The minimum atomic E-state index is -2.74. The van der Waals surface area contributed by atoms with Crippen LogP contribution in [-0.4, -0.2) is 107 Å². The maximum absolute atomic E-state index is 12.8. The monoisotopic (exact) mass is 629 g/mol. The highest BCUT2D eigenvalue weighted by Gasteiger charge is 2.40. The first-order valence-electron chi connectivity index (χ1n) is 15.2. The van der Waals surface area contributed by atoms with Crippen molar-refractivity contribution in [1.29, 1.82) is 0 Å². The summed E-state index contributed by atoms with van der Waals surface area (Å²) in [4.78, 5) is 69.3. The molecule has 14 heteroatoms. The quantitative estimate of drug-likeness (QED) is 0.278. The molecule has 4 heterocycles. The van der Waals surface area contributed by atoms with E-state index in [9.17, 15) is 24.0 Å². The molecule has 1 fully saturated rings. The van der Waals surface area contributed by atoms with Crippen LogP contribution >= 0.6 is 0 Å². The van der Waals surface area contributed by atoms with Crippen molar-refractivity contribution in [2.24, 2.45) is 0 Å². The number of fused-ring (bicyclic) bond motifs is 1. The highest BCUT2D eigenvalue weighted by Crippen LogP contribution is 2.27. The van der Waals surface area contributed by atoms with E-state index in [4.69, 9.17) is 25.4 Å². The van der Waals surface area contributed by atoms with Crippen LogP contribution in [0.2, 0.25) is 0 Å². The standard InChI is InChI=1S/C25H35N5O2.C6H8O7/c1-19(16-21-8-5-6-12-26-21)28(2)25(32)18-29-14-10-20(11-15-29)22-17-24(31)30-13-7-3-4-9-23(30)27-22;7-3(8)1-6(13,5(11)12)2-4(9)10/h5-6,8,12,17,19-20H,3-4,7,9-11,13-16,18H2,1-2H3;13H,1-2H2,(H,7,8)(H,9,10)(H,11,12). The van der Waals surface area contributed by atoms with E-state index in [1.165, 1.54) is 6.42 Å². The van der Waals surface area contributed by atoms with Gasteiger partial charge in [-0.2, -0.15) is 0 Å². The van der Waals surface area contributed by atoms with Crippen molar-refractivity contribution in [2.45, 2.75) is 88.8 Å². The minimum Gasteiger partial charge on any atom is -0.481 e. The van der Waals surface area contributed by atoms with E-state index in [1.807, 2.05) is 34.7 Å². The lowest BCUT2D eigenvalue weighted by Crippen LogP contribution is -2.45. The van der Waals surface area contributed by atoms with Crippen LogP contribution in [0.25, 0.3) is 0 Å². The summed E-state index contributed by atoms with van der Waals surface area (Å²) < 4.78 is 1.87. The number of rotatable bonds is 11. The number of aromatic nitrogens is 3. The Labute approximate surface area is 261 Å². The second kappa shape index (κ2) is 16.2. The topological polar surface area (TPSA) is 203 Å². The Kier molecular flexibility index (Phi) is 12.7. The van der Waals surface area contributed by atoms with Gasteiger partial charge >= 0.3 is 17.9 Å². The average Bonchev–Trinajstić information content (AvgIpc) is 3.23. The summed E-state index contributed by atoms with van der Waals surface area (Å²) in [5.41, 5.74) is -0.676. The zero-order valence-electron chi connectivity index (χ0n) is 25.8. The number of carboxylic acids is 3. The molecule has 1 unspecified atom stereocenters. The van der Waals surface area contributed by atoms with E-state index >= 15 is 0 Å². The van der Waals surface area contributed by atoms with Crippen LogP contribution in [0, 0.1) is 0 Å². The summed E-state index contributed by atoms with van der Waals surface area (Å²) in [6, 6.07) is 7.75. The molecule has 0 radical (unpaired) electrons. The number of hydrogen-bond donors (Lipinski definition) is 4. The number of carboxylic acid groups (broad SMARTS) is 3. The highest BCUT2D eigenvalue weighted by atomic mass is 16.4. The molecule has 14 nitrogen and oxygen atoms in total. The van der Waals surface area contributed by atoms with Gasteiger partial charge in [-0.15, -0.1) is 0 Å². The molecule has 0 saturated carbocycles. The van der Waals surface area contributed by atoms with Gasteiger partial charge in [0.2, 0.25) is 5.91 Å². The summed E-state index contributed by atoms with van der Waals surface area (Å²) in [7, 11) is 1.88. The molecule has 2 aromatic heterocycles. The Balaban J connectivity index is 0.000000360. The maximum Gasteiger partial charge on any atom is 0.336 e. The predicted molar refractivity (Wildman–Crippen MR) is 162 cm³/mol. The Morgan fingerprint density at radius 1 is 1.02 bits per heavy atom. The molecule has 1 atom stereocenters. The van der Waals surface area contributed by atoms with Gasteiger partial charge in [-0.25, -0.2) is 9.78 Å². The van der Waals surface area contributed by atoms with Crippen LogP contribution < -0.4 is 5.56 Å². The number of likely N-dealkylation sites (N-methyl/N-ethyl adjacent to an activating group) is 1. The molecule has 0 aromatic carbocycles. The van der Waals surface area contributed by atoms with Crippen molar-refractivity contribution in [3.63, 3.8) is 0 Å². The number of hydrogen-bond acceptors (Lipinski definition) is 9. The largest absolute Gasteiger partial charge is 0.481 e. The second-order valence-corrected chi connectivity index (χ2v) is 11.8. The Morgan fingerprint density at radius 3 is 2.27 bits per heavy atom. The predicted octanol–water partition coefficient (Wildman–Crippen LogP) is 1.39. The Hall–Kier alpha value is -4.17. The van der Waals surface area contributed by atoms with E-state index in [-0.39, 0.29) is 17.5 Å². The fourth-order valence-corrected chi connectivity index (χ4v) is 5.55. The zero-order valence-corrected chi connectivity index (χ0v) is 25.8. The van der Waals surface area contributed by atoms with Gasteiger partial charge < -0.3 is 25.3 Å². The van der Waals surface area contributed by atoms with Gasteiger partial charge in [0.1, 0.15) is 5.82 Å². The Morgan fingerprint density at radius 2 is 1.69 bits per heavy atom. The molecular formula is C31H43N5O9. The molecule has 0 spiro atoms. The van der Waals surface area contributed by atoms with Gasteiger partial charge in [-0.05, 0) is 57.8 Å². The second-order valence-electron chi connectivity index (χ2n) is 11.8. The van der Waals surface area contributed by atoms with E-state index in [0.29, 0.717) is 12.5 Å².